The summed E-state index contributed by atoms with van der Waals surface area (Å²) in [4.78, 5) is 37.9. The van der Waals surface area contributed by atoms with Crippen LogP contribution in [0.3, 0.4) is 0 Å². The zero-order valence-electron chi connectivity index (χ0n) is 40.5. The molecule has 6 nitrogen and oxygen atoms in total. The second-order valence-electron chi connectivity index (χ2n) is 16.3. The van der Waals surface area contributed by atoms with Gasteiger partial charge in [-0.05, 0) is 122 Å². The van der Waals surface area contributed by atoms with E-state index in [4.69, 9.17) is 14.2 Å². The number of allylic oxidation sites excluding steroid dienone is 18. The highest BCUT2D eigenvalue weighted by Crippen LogP contribution is 2.12. The molecule has 356 valence electrons. The smallest absolute Gasteiger partial charge is 0.306 e. The maximum atomic E-state index is 12.8. The Morgan fingerprint density at radius 2 is 0.635 bits per heavy atom. The largest absolute Gasteiger partial charge is 0.462 e. The van der Waals surface area contributed by atoms with Gasteiger partial charge in [-0.25, -0.2) is 0 Å². The fourth-order valence-electron chi connectivity index (χ4n) is 6.42. The molecule has 0 aliphatic rings. The maximum absolute atomic E-state index is 12.8. The van der Waals surface area contributed by atoms with Gasteiger partial charge in [0.15, 0.2) is 6.10 Å². The summed E-state index contributed by atoms with van der Waals surface area (Å²) in [7, 11) is 0. The SMILES string of the molecule is CC/C=C\C/C=C\C/C=C\C/C=C\CCCCC(=O)O[C@@H](COC(=O)CCC/C=C\C/C=C\C/C=C\C/C=C\CCCCC)COC(=O)CCCCCCC/C=C\CCCCCC. The summed E-state index contributed by atoms with van der Waals surface area (Å²) < 4.78 is 16.7. The summed E-state index contributed by atoms with van der Waals surface area (Å²) >= 11 is 0. The van der Waals surface area contributed by atoms with E-state index in [1.54, 1.807) is 0 Å². The first-order valence-electron chi connectivity index (χ1n) is 25.4. The third-order valence-corrected chi connectivity index (χ3v) is 10.2. The molecule has 0 unspecified atom stereocenters. The summed E-state index contributed by atoms with van der Waals surface area (Å²) in [5.74, 6) is -1.03. The van der Waals surface area contributed by atoms with Crippen LogP contribution in [0.5, 0.6) is 0 Å². The number of hydrogen-bond donors (Lipinski definition) is 0. The number of carbonyl (C=O) groups is 3. The van der Waals surface area contributed by atoms with Gasteiger partial charge in [0.05, 0.1) is 0 Å². The molecule has 0 N–H and O–H groups in total. The van der Waals surface area contributed by atoms with E-state index in [1.807, 2.05) is 0 Å². The third-order valence-electron chi connectivity index (χ3n) is 10.2. The Kier molecular flexibility index (Phi) is 47.5. The lowest BCUT2D eigenvalue weighted by Gasteiger charge is -2.18. The number of ether oxygens (including phenoxy) is 3. The van der Waals surface area contributed by atoms with E-state index >= 15 is 0 Å². The van der Waals surface area contributed by atoms with Crippen LogP contribution in [-0.4, -0.2) is 37.2 Å². The van der Waals surface area contributed by atoms with Crippen molar-refractivity contribution in [3.8, 4) is 0 Å². The Hall–Kier alpha value is -3.93. The van der Waals surface area contributed by atoms with Crippen molar-refractivity contribution in [3.63, 3.8) is 0 Å². The molecule has 0 spiro atoms. The first-order valence-corrected chi connectivity index (χ1v) is 25.4. The Bertz CT molecular complexity index is 1330. The molecule has 0 saturated heterocycles. The fourth-order valence-corrected chi connectivity index (χ4v) is 6.42. The molecule has 6 heteroatoms. The molecular weight excluding hydrogens is 781 g/mol. The van der Waals surface area contributed by atoms with Crippen LogP contribution in [0.15, 0.2) is 109 Å². The lowest BCUT2D eigenvalue weighted by molar-refractivity contribution is -0.167. The van der Waals surface area contributed by atoms with E-state index in [0.717, 1.165) is 96.3 Å². The second-order valence-corrected chi connectivity index (χ2v) is 16.3. The first-order chi connectivity index (χ1) is 31.0. The molecule has 0 fully saturated rings. The lowest BCUT2D eigenvalue weighted by atomic mass is 10.1. The van der Waals surface area contributed by atoms with Gasteiger partial charge in [-0.1, -0.05) is 182 Å². The van der Waals surface area contributed by atoms with Crippen molar-refractivity contribution < 1.29 is 28.6 Å². The lowest BCUT2D eigenvalue weighted by Crippen LogP contribution is -2.30. The Morgan fingerprint density at radius 3 is 1.11 bits per heavy atom. The van der Waals surface area contributed by atoms with Crippen molar-refractivity contribution in [2.24, 2.45) is 0 Å². The molecular formula is C57H92O6. The summed E-state index contributed by atoms with van der Waals surface area (Å²) in [5, 5.41) is 0. The Labute approximate surface area is 387 Å². The minimum absolute atomic E-state index is 0.118. The molecule has 0 amide bonds. The van der Waals surface area contributed by atoms with Gasteiger partial charge in [0.1, 0.15) is 13.2 Å². The molecule has 0 radical (unpaired) electrons. The van der Waals surface area contributed by atoms with E-state index in [0.29, 0.717) is 19.3 Å². The van der Waals surface area contributed by atoms with Gasteiger partial charge in [-0.15, -0.1) is 0 Å². The van der Waals surface area contributed by atoms with E-state index in [-0.39, 0.29) is 44.0 Å². The highest BCUT2D eigenvalue weighted by atomic mass is 16.6. The number of esters is 3. The molecule has 0 rings (SSSR count). The monoisotopic (exact) mass is 873 g/mol. The van der Waals surface area contributed by atoms with Gasteiger partial charge in [0.2, 0.25) is 0 Å². The molecule has 0 saturated carbocycles. The zero-order valence-corrected chi connectivity index (χ0v) is 40.5. The van der Waals surface area contributed by atoms with E-state index < -0.39 is 6.10 Å². The predicted octanol–water partition coefficient (Wildman–Crippen LogP) is 16.8. The van der Waals surface area contributed by atoms with E-state index in [9.17, 15) is 14.4 Å². The summed E-state index contributed by atoms with van der Waals surface area (Å²) in [6, 6.07) is 0. The number of hydrogen-bond acceptors (Lipinski definition) is 6. The van der Waals surface area contributed by atoms with Gasteiger partial charge >= 0.3 is 17.9 Å². The van der Waals surface area contributed by atoms with Crippen LogP contribution < -0.4 is 0 Å². The summed E-state index contributed by atoms with van der Waals surface area (Å²) in [6.07, 6.45) is 67.9. The minimum Gasteiger partial charge on any atom is -0.462 e. The summed E-state index contributed by atoms with van der Waals surface area (Å²) in [6.45, 7) is 6.37. The maximum Gasteiger partial charge on any atom is 0.306 e. The van der Waals surface area contributed by atoms with E-state index in [1.165, 1.54) is 64.2 Å². The highest BCUT2D eigenvalue weighted by molar-refractivity contribution is 5.71. The van der Waals surface area contributed by atoms with E-state index in [2.05, 4.69) is 130 Å². The van der Waals surface area contributed by atoms with Crippen LogP contribution in [0.4, 0.5) is 0 Å². The zero-order chi connectivity index (χ0) is 45.8. The van der Waals surface area contributed by atoms with Crippen LogP contribution >= 0.6 is 0 Å². The van der Waals surface area contributed by atoms with Crippen LogP contribution in [0.25, 0.3) is 0 Å². The van der Waals surface area contributed by atoms with Crippen molar-refractivity contribution in [2.45, 2.75) is 219 Å². The molecule has 63 heavy (non-hydrogen) atoms. The van der Waals surface area contributed by atoms with Crippen molar-refractivity contribution in [2.75, 3.05) is 13.2 Å². The van der Waals surface area contributed by atoms with Crippen molar-refractivity contribution in [1.82, 2.24) is 0 Å². The normalized spacial score (nSPS) is 13.0. The van der Waals surface area contributed by atoms with Gasteiger partial charge in [0, 0.05) is 19.3 Å². The molecule has 1 atom stereocenters. The first kappa shape index (κ1) is 59.1. The second kappa shape index (κ2) is 50.7. The Morgan fingerprint density at radius 1 is 0.333 bits per heavy atom. The number of rotatable bonds is 44. The van der Waals surface area contributed by atoms with Gasteiger partial charge < -0.3 is 14.2 Å². The highest BCUT2D eigenvalue weighted by Gasteiger charge is 2.19. The van der Waals surface area contributed by atoms with Crippen molar-refractivity contribution in [1.29, 1.82) is 0 Å². The molecule has 0 aromatic rings. The molecule has 0 heterocycles. The topological polar surface area (TPSA) is 78.9 Å². The molecule has 0 aliphatic heterocycles. The molecule has 0 aromatic carbocycles. The van der Waals surface area contributed by atoms with Crippen LogP contribution in [0, 0.1) is 0 Å². The third kappa shape index (κ3) is 49.0. The standard InChI is InChI=1S/C57H92O6/c1-4-7-10-13-16-19-22-25-27-28-30-32-35-38-41-44-47-50-56(59)62-53-54(52-61-55(58)49-46-43-40-37-34-31-24-21-18-15-12-9-6-3)63-57(60)51-48-45-42-39-36-33-29-26-23-20-17-14-11-8-5-2/h8,11,16-17,19-21,24-27,29-30,32,36,38-39,41,54H,4-7,9-10,12-15,18,22-23,28,31,33-35,37,40,42-53H2,1-3H3/b11-8-,19-16-,20-17-,24-21-,27-25-,29-26-,32-30-,39-36-,41-38-/t54-/m1/s1. The quantitative estimate of drug-likeness (QED) is 0.0263. The van der Waals surface area contributed by atoms with Crippen LogP contribution in [0.2, 0.25) is 0 Å². The number of carbonyl (C=O) groups excluding carboxylic acids is 3. The van der Waals surface area contributed by atoms with Gasteiger partial charge in [-0.2, -0.15) is 0 Å². The molecule has 0 aliphatic carbocycles. The van der Waals surface area contributed by atoms with Gasteiger partial charge in [-0.3, -0.25) is 14.4 Å². The fraction of sp³-hybridized carbons (Fsp3) is 0.632. The predicted molar refractivity (Wildman–Crippen MR) is 270 cm³/mol. The molecule has 0 bridgehead atoms. The average Bonchev–Trinajstić information content (AvgIpc) is 3.28. The van der Waals surface area contributed by atoms with Crippen LogP contribution in [-0.2, 0) is 28.6 Å². The van der Waals surface area contributed by atoms with Gasteiger partial charge in [0.25, 0.3) is 0 Å². The molecule has 0 aromatic heterocycles. The number of unbranched alkanes of at least 4 members (excludes halogenated alkanes) is 15. The average molecular weight is 873 g/mol. The summed E-state index contributed by atoms with van der Waals surface area (Å²) in [5.41, 5.74) is 0. The van der Waals surface area contributed by atoms with Crippen molar-refractivity contribution >= 4 is 17.9 Å². The van der Waals surface area contributed by atoms with Crippen LogP contribution in [0.1, 0.15) is 213 Å². The Balaban J connectivity index is 4.57. The minimum atomic E-state index is -0.826. The van der Waals surface area contributed by atoms with Crippen molar-refractivity contribution in [3.05, 3.63) is 109 Å².